The van der Waals surface area contributed by atoms with Gasteiger partial charge in [0.2, 0.25) is 15.9 Å². The molecule has 0 bridgehead atoms. The van der Waals surface area contributed by atoms with Gasteiger partial charge in [-0.1, -0.05) is 48.5 Å². The highest BCUT2D eigenvalue weighted by Gasteiger charge is 2.18. The summed E-state index contributed by atoms with van der Waals surface area (Å²) in [6, 6.07) is 20.1. The van der Waals surface area contributed by atoms with Gasteiger partial charge in [-0.05, 0) is 29.3 Å². The molecule has 1 amide bonds. The van der Waals surface area contributed by atoms with Gasteiger partial charge in [-0.3, -0.25) is 9.78 Å². The number of aromatic nitrogens is 4. The normalized spacial score (nSPS) is 11.5. The Bertz CT molecular complexity index is 1700. The first-order chi connectivity index (χ1) is 17.3. The summed E-state index contributed by atoms with van der Waals surface area (Å²) in [6.45, 7) is 0.264. The summed E-state index contributed by atoms with van der Waals surface area (Å²) in [7, 11) is -3.96. The maximum atomic E-state index is 11.9. The average molecular weight is 500 g/mol. The van der Waals surface area contributed by atoms with Gasteiger partial charge in [0, 0.05) is 41.8 Å². The third kappa shape index (κ3) is 4.52. The summed E-state index contributed by atoms with van der Waals surface area (Å²) in [5, 5.41) is 13.2. The molecule has 0 atom stereocenters. The van der Waals surface area contributed by atoms with Crippen LogP contribution in [0, 0.1) is 0 Å². The molecule has 0 aliphatic rings. The van der Waals surface area contributed by atoms with Gasteiger partial charge < -0.3 is 11.1 Å². The zero-order valence-electron chi connectivity index (χ0n) is 18.9. The number of anilines is 1. The number of carbonyl (C=O) groups is 1. The number of amides is 1. The minimum Gasteiger partial charge on any atom is -0.366 e. The highest BCUT2D eigenvalue weighted by Crippen LogP contribution is 2.31. The van der Waals surface area contributed by atoms with Gasteiger partial charge >= 0.3 is 0 Å². The van der Waals surface area contributed by atoms with Crippen molar-refractivity contribution < 1.29 is 13.2 Å². The van der Waals surface area contributed by atoms with Gasteiger partial charge in [0.15, 0.2) is 11.6 Å². The number of benzene rings is 2. The van der Waals surface area contributed by atoms with E-state index in [4.69, 9.17) is 15.9 Å². The average Bonchev–Trinajstić information content (AvgIpc) is 3.32. The molecular formula is C25H21N7O3S. The lowest BCUT2D eigenvalue weighted by Gasteiger charge is -2.13. The number of nitrogens with two attached hydrogens (primary N) is 2. The lowest BCUT2D eigenvalue weighted by Crippen LogP contribution is -2.16. The highest BCUT2D eigenvalue weighted by atomic mass is 32.2. The molecule has 3 aromatic heterocycles. The van der Waals surface area contributed by atoms with Crippen molar-refractivity contribution in [3.05, 3.63) is 96.4 Å². The molecule has 5 N–H and O–H groups in total. The van der Waals surface area contributed by atoms with Crippen LogP contribution >= 0.6 is 0 Å². The molecule has 180 valence electrons. The summed E-state index contributed by atoms with van der Waals surface area (Å²) >= 11 is 0. The van der Waals surface area contributed by atoms with Crippen molar-refractivity contribution >= 4 is 27.3 Å². The Labute approximate surface area is 206 Å². The summed E-state index contributed by atoms with van der Waals surface area (Å²) in [5.74, 6) is 0.185. The molecule has 0 spiro atoms. The molecule has 0 fully saturated rings. The Hall–Kier alpha value is -4.61. The second-order valence-electron chi connectivity index (χ2n) is 8.00. The molecule has 0 unspecified atom stereocenters. The number of hydrogen-bond donors (Lipinski definition) is 3. The number of primary sulfonamides is 1. The fraction of sp³-hybridized carbons (Fsp3) is 0.0400. The maximum Gasteiger partial charge on any atom is 0.249 e. The Morgan fingerprint density at radius 3 is 2.47 bits per heavy atom. The Balaban J connectivity index is 1.65. The minimum atomic E-state index is -3.96. The smallest absolute Gasteiger partial charge is 0.249 e. The van der Waals surface area contributed by atoms with Crippen LogP contribution in [0.4, 0.5) is 5.82 Å². The SMILES string of the molecule is NC(=O)c1ccccc1CNc1nc(-c2cncc(S(N)(=O)=O)c2)nn2ccc(-c3ccccc3)c12. The molecule has 0 radical (unpaired) electrons. The first kappa shape index (κ1) is 23.1. The second-order valence-corrected chi connectivity index (χ2v) is 9.56. The number of rotatable bonds is 7. The Kier molecular flexibility index (Phi) is 5.92. The number of nitrogens with zero attached hydrogens (tertiary/aromatic N) is 4. The van der Waals surface area contributed by atoms with E-state index in [0.29, 0.717) is 28.0 Å². The van der Waals surface area contributed by atoms with E-state index in [-0.39, 0.29) is 17.3 Å². The lowest BCUT2D eigenvalue weighted by molar-refractivity contribution is 0.0999. The van der Waals surface area contributed by atoms with Crippen molar-refractivity contribution in [1.82, 2.24) is 19.6 Å². The van der Waals surface area contributed by atoms with E-state index in [0.717, 1.165) is 11.1 Å². The van der Waals surface area contributed by atoms with Crippen LogP contribution in [0.3, 0.4) is 0 Å². The van der Waals surface area contributed by atoms with Crippen LogP contribution in [-0.4, -0.2) is 33.9 Å². The first-order valence-corrected chi connectivity index (χ1v) is 12.4. The van der Waals surface area contributed by atoms with Crippen LogP contribution < -0.4 is 16.2 Å². The quantitative estimate of drug-likeness (QED) is 0.310. The number of primary amides is 1. The van der Waals surface area contributed by atoms with Gasteiger partial charge in [-0.15, -0.1) is 5.10 Å². The number of hydrogen-bond acceptors (Lipinski definition) is 7. The molecule has 0 aliphatic carbocycles. The third-order valence-electron chi connectivity index (χ3n) is 5.62. The zero-order chi connectivity index (χ0) is 25.3. The first-order valence-electron chi connectivity index (χ1n) is 10.9. The third-order valence-corrected chi connectivity index (χ3v) is 6.51. The zero-order valence-corrected chi connectivity index (χ0v) is 19.7. The van der Waals surface area contributed by atoms with Crippen molar-refractivity contribution in [1.29, 1.82) is 0 Å². The Morgan fingerprint density at radius 1 is 0.972 bits per heavy atom. The fourth-order valence-electron chi connectivity index (χ4n) is 3.91. The molecule has 3 heterocycles. The van der Waals surface area contributed by atoms with Gasteiger partial charge in [0.05, 0.1) is 0 Å². The van der Waals surface area contributed by atoms with Crippen molar-refractivity contribution in [2.24, 2.45) is 10.9 Å². The van der Waals surface area contributed by atoms with Crippen LogP contribution in [-0.2, 0) is 16.6 Å². The van der Waals surface area contributed by atoms with Crippen molar-refractivity contribution in [2.45, 2.75) is 11.4 Å². The summed E-state index contributed by atoms with van der Waals surface area (Å²) in [5.41, 5.74) is 9.59. The van der Waals surface area contributed by atoms with E-state index in [1.165, 1.54) is 18.5 Å². The monoisotopic (exact) mass is 499 g/mol. The molecule has 36 heavy (non-hydrogen) atoms. The number of pyridine rings is 1. The number of fused-ring (bicyclic) bond motifs is 1. The lowest BCUT2D eigenvalue weighted by atomic mass is 10.1. The van der Waals surface area contributed by atoms with E-state index in [9.17, 15) is 13.2 Å². The molecule has 11 heteroatoms. The molecule has 5 rings (SSSR count). The standard InChI is InChI=1S/C25H21N7O3S/c26-23(33)21-9-5-4-8-17(21)14-29-25-22-20(16-6-2-1-3-7-16)10-11-32(22)31-24(30-25)18-12-19(15-28-13-18)36(27,34)35/h1-13,15H,14H2,(H2,26,33)(H2,27,34,35)(H,29,30,31). The van der Waals surface area contributed by atoms with Crippen LogP contribution in [0.15, 0.2) is 90.2 Å². The fourth-order valence-corrected chi connectivity index (χ4v) is 4.41. The number of sulfonamides is 1. The van der Waals surface area contributed by atoms with Crippen LogP contribution in [0.2, 0.25) is 0 Å². The topological polar surface area (TPSA) is 158 Å². The molecular weight excluding hydrogens is 478 g/mol. The van der Waals surface area contributed by atoms with E-state index in [1.807, 2.05) is 48.5 Å². The summed E-state index contributed by atoms with van der Waals surface area (Å²) in [4.78, 5) is 20.4. The van der Waals surface area contributed by atoms with Gasteiger partial charge in [0.25, 0.3) is 0 Å². The number of carbonyl (C=O) groups excluding carboxylic acids is 1. The highest BCUT2D eigenvalue weighted by molar-refractivity contribution is 7.89. The summed E-state index contributed by atoms with van der Waals surface area (Å²) < 4.78 is 25.4. The predicted molar refractivity (Wildman–Crippen MR) is 135 cm³/mol. The van der Waals surface area contributed by atoms with E-state index < -0.39 is 15.9 Å². The van der Waals surface area contributed by atoms with Gasteiger partial charge in [0.1, 0.15) is 10.4 Å². The summed E-state index contributed by atoms with van der Waals surface area (Å²) in [6.07, 6.45) is 4.42. The van der Waals surface area contributed by atoms with Crippen molar-refractivity contribution in [2.75, 3.05) is 5.32 Å². The molecule has 0 saturated heterocycles. The van der Waals surface area contributed by atoms with Crippen LogP contribution in [0.25, 0.3) is 28.0 Å². The number of nitrogens with one attached hydrogen (secondary N) is 1. The minimum absolute atomic E-state index is 0.147. The molecule has 0 saturated carbocycles. The molecule has 5 aromatic rings. The van der Waals surface area contributed by atoms with Gasteiger partial charge in [-0.25, -0.2) is 23.1 Å². The van der Waals surface area contributed by atoms with Crippen LogP contribution in [0.1, 0.15) is 15.9 Å². The Morgan fingerprint density at radius 2 is 1.72 bits per heavy atom. The predicted octanol–water partition coefficient (Wildman–Crippen LogP) is 2.82. The molecule has 2 aromatic carbocycles. The van der Waals surface area contributed by atoms with Crippen molar-refractivity contribution in [3.63, 3.8) is 0 Å². The molecule has 10 nitrogen and oxygen atoms in total. The van der Waals surface area contributed by atoms with E-state index in [1.54, 1.807) is 22.8 Å². The molecule has 0 aliphatic heterocycles. The van der Waals surface area contributed by atoms with E-state index in [2.05, 4.69) is 15.4 Å². The van der Waals surface area contributed by atoms with Crippen LogP contribution in [0.5, 0.6) is 0 Å². The van der Waals surface area contributed by atoms with Crippen molar-refractivity contribution in [3.8, 4) is 22.5 Å². The van der Waals surface area contributed by atoms with Gasteiger partial charge in [-0.2, -0.15) is 0 Å². The largest absolute Gasteiger partial charge is 0.366 e. The second kappa shape index (κ2) is 9.21. The van der Waals surface area contributed by atoms with E-state index >= 15 is 0 Å². The maximum absolute atomic E-state index is 11.9.